The normalized spacial score (nSPS) is 10.3. The van der Waals surface area contributed by atoms with Crippen molar-refractivity contribution in [2.24, 2.45) is 0 Å². The van der Waals surface area contributed by atoms with E-state index in [1.807, 2.05) is 13.0 Å². The van der Waals surface area contributed by atoms with E-state index in [2.05, 4.69) is 20.6 Å². The number of benzene rings is 1. The second-order valence-corrected chi connectivity index (χ2v) is 5.57. The number of aromatic nitrogens is 3. The van der Waals surface area contributed by atoms with E-state index in [0.717, 1.165) is 5.39 Å². The second kappa shape index (κ2) is 7.03. The number of amides is 1. The number of carbonyl (C=O) groups is 1. The van der Waals surface area contributed by atoms with Crippen LogP contribution in [0.5, 0.6) is 0 Å². The topological polar surface area (TPSA) is 113 Å². The maximum atomic E-state index is 12.0. The molecule has 0 saturated carbocycles. The number of nitriles is 1. The largest absolute Gasteiger partial charge is 0.325 e. The highest BCUT2D eigenvalue weighted by Gasteiger charge is 2.08. The molecule has 0 unspecified atom stereocenters. The number of pyridine rings is 1. The van der Waals surface area contributed by atoms with Gasteiger partial charge in [-0.05, 0) is 31.2 Å². The minimum Gasteiger partial charge on any atom is -0.325 e. The molecule has 0 fully saturated rings. The minimum atomic E-state index is -0.252. The summed E-state index contributed by atoms with van der Waals surface area (Å²) in [6.45, 7) is 3.75. The van der Waals surface area contributed by atoms with Gasteiger partial charge in [-0.2, -0.15) is 10.2 Å². The smallest absolute Gasteiger partial charge is 0.252 e. The summed E-state index contributed by atoms with van der Waals surface area (Å²) in [4.78, 5) is 31.8. The summed E-state index contributed by atoms with van der Waals surface area (Å²) in [5.74, 6) is 0.0547. The standard InChI is InChI=1S/C18H16N6O2/c1-3-24-16(26)7-4-12-10-20-18(23-17(12)24)22-14-5-6-15(21-11(2)25)13(8-14)9-19/h4-8,10H,3H2,1-2H3,(H,21,25)(H,20,22,23). The quantitative estimate of drug-likeness (QED) is 0.748. The number of hydrogen-bond donors (Lipinski definition) is 2. The number of aryl methyl sites for hydroxylation is 1. The Labute approximate surface area is 149 Å². The van der Waals surface area contributed by atoms with Gasteiger partial charge in [0.15, 0.2) is 0 Å². The number of carbonyl (C=O) groups excluding carboxylic acids is 1. The third kappa shape index (κ3) is 3.37. The fraction of sp³-hybridized carbons (Fsp3) is 0.167. The number of rotatable bonds is 4. The van der Waals surface area contributed by atoms with Gasteiger partial charge in [-0.3, -0.25) is 14.2 Å². The maximum absolute atomic E-state index is 12.0. The molecule has 26 heavy (non-hydrogen) atoms. The number of nitrogens with zero attached hydrogens (tertiary/aromatic N) is 4. The molecule has 0 bridgehead atoms. The van der Waals surface area contributed by atoms with Crippen LogP contribution in [0.3, 0.4) is 0 Å². The molecule has 3 aromatic rings. The fourth-order valence-electron chi connectivity index (χ4n) is 2.58. The van der Waals surface area contributed by atoms with E-state index >= 15 is 0 Å². The lowest BCUT2D eigenvalue weighted by Gasteiger charge is -2.10. The molecule has 0 saturated heterocycles. The van der Waals surface area contributed by atoms with Crippen molar-refractivity contribution in [3.63, 3.8) is 0 Å². The van der Waals surface area contributed by atoms with E-state index in [-0.39, 0.29) is 11.5 Å². The number of fused-ring (bicyclic) bond motifs is 1. The highest BCUT2D eigenvalue weighted by molar-refractivity contribution is 5.90. The summed E-state index contributed by atoms with van der Waals surface area (Å²) in [6.07, 6.45) is 1.63. The summed E-state index contributed by atoms with van der Waals surface area (Å²) in [7, 11) is 0. The predicted octanol–water partition coefficient (Wildman–Crippen LogP) is 2.39. The van der Waals surface area contributed by atoms with Crippen molar-refractivity contribution in [3.8, 4) is 6.07 Å². The molecule has 0 spiro atoms. The third-order valence-corrected chi connectivity index (χ3v) is 3.75. The first-order valence-corrected chi connectivity index (χ1v) is 7.97. The van der Waals surface area contributed by atoms with Crippen LogP contribution in [-0.2, 0) is 11.3 Å². The van der Waals surface area contributed by atoms with Crippen LogP contribution in [0.4, 0.5) is 17.3 Å². The van der Waals surface area contributed by atoms with Crippen molar-refractivity contribution in [1.29, 1.82) is 5.26 Å². The molecular weight excluding hydrogens is 332 g/mol. The molecule has 8 heteroatoms. The average Bonchev–Trinajstić information content (AvgIpc) is 2.62. The molecule has 2 N–H and O–H groups in total. The molecule has 8 nitrogen and oxygen atoms in total. The van der Waals surface area contributed by atoms with Gasteiger partial charge < -0.3 is 10.6 Å². The van der Waals surface area contributed by atoms with E-state index in [9.17, 15) is 14.9 Å². The van der Waals surface area contributed by atoms with Crippen LogP contribution in [0, 0.1) is 11.3 Å². The Hall–Kier alpha value is -3.73. The third-order valence-electron chi connectivity index (χ3n) is 3.75. The van der Waals surface area contributed by atoms with Gasteiger partial charge in [0.2, 0.25) is 11.9 Å². The van der Waals surface area contributed by atoms with E-state index < -0.39 is 0 Å². The molecule has 2 heterocycles. The molecule has 0 aliphatic heterocycles. The lowest BCUT2D eigenvalue weighted by atomic mass is 10.1. The Morgan fingerprint density at radius 1 is 1.31 bits per heavy atom. The summed E-state index contributed by atoms with van der Waals surface area (Å²) < 4.78 is 1.56. The molecule has 2 aromatic heterocycles. The van der Waals surface area contributed by atoms with E-state index in [4.69, 9.17) is 0 Å². The zero-order valence-corrected chi connectivity index (χ0v) is 14.3. The zero-order valence-electron chi connectivity index (χ0n) is 14.3. The van der Waals surface area contributed by atoms with Gasteiger partial charge in [0, 0.05) is 36.8 Å². The van der Waals surface area contributed by atoms with Gasteiger partial charge in [0.25, 0.3) is 5.56 Å². The van der Waals surface area contributed by atoms with Crippen molar-refractivity contribution in [1.82, 2.24) is 14.5 Å². The summed E-state index contributed by atoms with van der Waals surface area (Å²) in [5, 5.41) is 15.6. The van der Waals surface area contributed by atoms with Crippen LogP contribution in [-0.4, -0.2) is 20.4 Å². The van der Waals surface area contributed by atoms with Crippen LogP contribution in [0.25, 0.3) is 11.0 Å². The molecular formula is C18H16N6O2. The van der Waals surface area contributed by atoms with Crippen molar-refractivity contribution >= 4 is 34.3 Å². The first-order chi connectivity index (χ1) is 12.5. The summed E-state index contributed by atoms with van der Waals surface area (Å²) in [6, 6.07) is 10.1. The fourth-order valence-corrected chi connectivity index (χ4v) is 2.58. The predicted molar refractivity (Wildman–Crippen MR) is 98.2 cm³/mol. The second-order valence-electron chi connectivity index (χ2n) is 5.57. The summed E-state index contributed by atoms with van der Waals surface area (Å²) >= 11 is 0. The number of nitrogens with one attached hydrogen (secondary N) is 2. The van der Waals surface area contributed by atoms with Gasteiger partial charge in [-0.1, -0.05) is 0 Å². The first kappa shape index (κ1) is 17.1. The molecule has 1 aromatic carbocycles. The van der Waals surface area contributed by atoms with Crippen LogP contribution in [0.15, 0.2) is 41.3 Å². The van der Waals surface area contributed by atoms with Gasteiger partial charge >= 0.3 is 0 Å². The van der Waals surface area contributed by atoms with Crippen molar-refractivity contribution in [3.05, 3.63) is 52.4 Å². The van der Waals surface area contributed by atoms with Gasteiger partial charge in [0.1, 0.15) is 11.7 Å². The Bertz CT molecular complexity index is 1100. The molecule has 0 aliphatic carbocycles. The molecule has 0 aliphatic rings. The Morgan fingerprint density at radius 2 is 2.12 bits per heavy atom. The molecule has 0 radical (unpaired) electrons. The van der Waals surface area contributed by atoms with E-state index in [1.165, 1.54) is 13.0 Å². The van der Waals surface area contributed by atoms with Gasteiger partial charge in [-0.25, -0.2) is 4.98 Å². The van der Waals surface area contributed by atoms with Crippen molar-refractivity contribution in [2.45, 2.75) is 20.4 Å². The minimum absolute atomic E-state index is 0.129. The number of hydrogen-bond acceptors (Lipinski definition) is 6. The highest BCUT2D eigenvalue weighted by Crippen LogP contribution is 2.22. The van der Waals surface area contributed by atoms with Crippen LogP contribution < -0.4 is 16.2 Å². The van der Waals surface area contributed by atoms with Crippen molar-refractivity contribution < 1.29 is 4.79 Å². The highest BCUT2D eigenvalue weighted by atomic mass is 16.1. The maximum Gasteiger partial charge on any atom is 0.252 e. The van der Waals surface area contributed by atoms with Crippen LogP contribution >= 0.6 is 0 Å². The van der Waals surface area contributed by atoms with Gasteiger partial charge in [0.05, 0.1) is 11.3 Å². The van der Waals surface area contributed by atoms with E-state index in [1.54, 1.807) is 35.0 Å². The molecule has 3 rings (SSSR count). The molecule has 1 amide bonds. The zero-order chi connectivity index (χ0) is 18.7. The lowest BCUT2D eigenvalue weighted by molar-refractivity contribution is -0.114. The van der Waals surface area contributed by atoms with Crippen LogP contribution in [0.1, 0.15) is 19.4 Å². The monoisotopic (exact) mass is 348 g/mol. The van der Waals surface area contributed by atoms with Gasteiger partial charge in [-0.15, -0.1) is 0 Å². The summed E-state index contributed by atoms with van der Waals surface area (Å²) in [5.41, 5.74) is 1.75. The average molecular weight is 348 g/mol. The SMILES string of the molecule is CCn1c(=O)ccc2cnc(Nc3ccc(NC(C)=O)c(C#N)c3)nc21. The lowest BCUT2D eigenvalue weighted by Crippen LogP contribution is -2.19. The Morgan fingerprint density at radius 3 is 2.81 bits per heavy atom. The van der Waals surface area contributed by atoms with Crippen LogP contribution in [0.2, 0.25) is 0 Å². The van der Waals surface area contributed by atoms with E-state index in [0.29, 0.717) is 35.1 Å². The Kier molecular flexibility index (Phi) is 4.62. The Balaban J connectivity index is 1.97. The van der Waals surface area contributed by atoms with Crippen molar-refractivity contribution in [2.75, 3.05) is 10.6 Å². The number of anilines is 3. The molecule has 130 valence electrons. The first-order valence-electron chi connectivity index (χ1n) is 7.97. The molecule has 0 atom stereocenters.